The number of halogens is 1. The van der Waals surface area contributed by atoms with Crippen molar-refractivity contribution >= 4 is 18.3 Å². The van der Waals surface area contributed by atoms with Crippen molar-refractivity contribution in [3.8, 4) is 0 Å². The first-order valence-corrected chi connectivity index (χ1v) is 8.55. The second kappa shape index (κ2) is 8.45. The number of aryl methyl sites for hydroxylation is 2. The van der Waals surface area contributed by atoms with Crippen molar-refractivity contribution in [1.82, 2.24) is 25.6 Å². The molecule has 0 saturated carbocycles. The van der Waals surface area contributed by atoms with Gasteiger partial charge in [-0.3, -0.25) is 4.79 Å². The number of nitrogens with one attached hydrogen (secondary N) is 2. The van der Waals surface area contributed by atoms with Crippen molar-refractivity contribution in [2.24, 2.45) is 0 Å². The van der Waals surface area contributed by atoms with Crippen LogP contribution in [0.4, 0.5) is 0 Å². The van der Waals surface area contributed by atoms with Gasteiger partial charge in [-0.2, -0.15) is 0 Å². The van der Waals surface area contributed by atoms with Gasteiger partial charge in [-0.05, 0) is 57.8 Å². The molecule has 0 bridgehead atoms. The normalized spacial score (nSPS) is 16.1. The number of benzene rings is 1. The molecule has 6 nitrogen and oxygen atoms in total. The molecule has 136 valence electrons. The Kier molecular flexibility index (Phi) is 6.56. The van der Waals surface area contributed by atoms with Crippen molar-refractivity contribution in [2.75, 3.05) is 13.1 Å². The predicted octanol–water partition coefficient (Wildman–Crippen LogP) is 2.73. The fourth-order valence-corrected chi connectivity index (χ4v) is 3.29. The number of rotatable bonds is 4. The maximum Gasteiger partial charge on any atom is 0.273 e. The van der Waals surface area contributed by atoms with E-state index in [1.54, 1.807) is 6.20 Å². The number of amides is 1. The minimum atomic E-state index is -0.178. The summed E-state index contributed by atoms with van der Waals surface area (Å²) in [7, 11) is 0. The lowest BCUT2D eigenvalue weighted by Gasteiger charge is -2.22. The van der Waals surface area contributed by atoms with E-state index in [4.69, 9.17) is 0 Å². The number of nitrogens with zero attached hydrogens (tertiary/aromatic N) is 3. The Morgan fingerprint density at radius 1 is 1.32 bits per heavy atom. The largest absolute Gasteiger partial charge is 0.344 e. The van der Waals surface area contributed by atoms with Gasteiger partial charge >= 0.3 is 0 Å². The van der Waals surface area contributed by atoms with Gasteiger partial charge in [-0.25, -0.2) is 4.68 Å². The van der Waals surface area contributed by atoms with Crippen LogP contribution < -0.4 is 10.6 Å². The highest BCUT2D eigenvalue weighted by atomic mass is 35.5. The summed E-state index contributed by atoms with van der Waals surface area (Å²) in [5.41, 5.74) is 3.91. The zero-order chi connectivity index (χ0) is 17.1. The molecule has 25 heavy (non-hydrogen) atoms. The Morgan fingerprint density at radius 3 is 2.72 bits per heavy atom. The first-order valence-electron chi connectivity index (χ1n) is 8.55. The summed E-state index contributed by atoms with van der Waals surface area (Å²) in [5.74, 6) is -0.178. The van der Waals surface area contributed by atoms with Gasteiger partial charge in [0.25, 0.3) is 5.91 Å². The monoisotopic (exact) mass is 363 g/mol. The quantitative estimate of drug-likeness (QED) is 0.876. The number of piperidine rings is 1. The van der Waals surface area contributed by atoms with E-state index < -0.39 is 0 Å². The Morgan fingerprint density at radius 2 is 2.04 bits per heavy atom. The predicted molar refractivity (Wildman–Crippen MR) is 100 cm³/mol. The first-order chi connectivity index (χ1) is 11.5. The van der Waals surface area contributed by atoms with Gasteiger partial charge in [0.15, 0.2) is 5.69 Å². The van der Waals surface area contributed by atoms with Gasteiger partial charge in [0.2, 0.25) is 0 Å². The summed E-state index contributed by atoms with van der Waals surface area (Å²) in [6.07, 6.45) is 3.80. The molecule has 2 heterocycles. The molecule has 1 aliphatic rings. The van der Waals surface area contributed by atoms with Gasteiger partial charge in [-0.15, -0.1) is 17.5 Å². The van der Waals surface area contributed by atoms with Crippen molar-refractivity contribution in [3.63, 3.8) is 0 Å². The van der Waals surface area contributed by atoms with E-state index in [2.05, 4.69) is 53.0 Å². The van der Waals surface area contributed by atoms with E-state index in [-0.39, 0.29) is 24.4 Å². The zero-order valence-corrected chi connectivity index (χ0v) is 15.8. The summed E-state index contributed by atoms with van der Waals surface area (Å²) >= 11 is 0. The third-order valence-corrected chi connectivity index (χ3v) is 4.67. The highest BCUT2D eigenvalue weighted by Gasteiger charge is 2.20. The fraction of sp³-hybridized carbons (Fsp3) is 0.500. The van der Waals surface area contributed by atoms with Crippen LogP contribution in [0.3, 0.4) is 0 Å². The molecule has 0 spiro atoms. The molecule has 1 fully saturated rings. The molecule has 7 heteroatoms. The van der Waals surface area contributed by atoms with Crippen LogP contribution in [0.5, 0.6) is 0 Å². The molecule has 2 aromatic rings. The van der Waals surface area contributed by atoms with Crippen LogP contribution in [-0.2, 0) is 0 Å². The third-order valence-electron chi connectivity index (χ3n) is 4.67. The molecular formula is C18H26ClN5O. The molecule has 1 aliphatic heterocycles. The van der Waals surface area contributed by atoms with Gasteiger partial charge in [0, 0.05) is 0 Å². The topological polar surface area (TPSA) is 71.8 Å². The van der Waals surface area contributed by atoms with Crippen LogP contribution in [-0.4, -0.2) is 34.0 Å². The number of carbonyl (C=O) groups is 1. The highest BCUT2D eigenvalue weighted by Crippen LogP contribution is 2.20. The van der Waals surface area contributed by atoms with E-state index in [0.29, 0.717) is 11.7 Å². The molecule has 0 radical (unpaired) electrons. The molecule has 3 rings (SSSR count). The summed E-state index contributed by atoms with van der Waals surface area (Å²) in [6, 6.07) is 6.53. The van der Waals surface area contributed by atoms with E-state index in [1.807, 2.05) is 11.6 Å². The van der Waals surface area contributed by atoms with Crippen molar-refractivity contribution in [1.29, 1.82) is 0 Å². The highest BCUT2D eigenvalue weighted by molar-refractivity contribution is 5.92. The lowest BCUT2D eigenvalue weighted by atomic mass is 10.0. The van der Waals surface area contributed by atoms with E-state index in [0.717, 1.165) is 31.5 Å². The van der Waals surface area contributed by atoms with Crippen LogP contribution in [0.1, 0.15) is 59.0 Å². The minimum absolute atomic E-state index is 0. The minimum Gasteiger partial charge on any atom is -0.344 e. The Hall–Kier alpha value is -1.92. The molecule has 2 N–H and O–H groups in total. The second-order valence-corrected chi connectivity index (χ2v) is 6.62. The average Bonchev–Trinajstić information content (AvgIpc) is 3.05. The number of aromatic nitrogens is 3. The molecule has 1 unspecified atom stereocenters. The maximum absolute atomic E-state index is 12.5. The van der Waals surface area contributed by atoms with Crippen molar-refractivity contribution in [3.05, 3.63) is 46.8 Å². The summed E-state index contributed by atoms with van der Waals surface area (Å²) < 4.78 is 1.83. The molecule has 1 aromatic heterocycles. The van der Waals surface area contributed by atoms with Crippen molar-refractivity contribution < 1.29 is 4.79 Å². The summed E-state index contributed by atoms with van der Waals surface area (Å²) in [4.78, 5) is 12.5. The van der Waals surface area contributed by atoms with Crippen LogP contribution >= 0.6 is 12.4 Å². The molecule has 1 atom stereocenters. The Balaban J connectivity index is 0.00000225. The SMILES string of the molecule is Cc1ccc(C(C)NC(=O)c2cn(C3CCNCC3)nn2)c(C)c1.Cl. The Bertz CT molecular complexity index is 724. The van der Waals surface area contributed by atoms with Gasteiger partial charge in [0.1, 0.15) is 0 Å². The molecular weight excluding hydrogens is 338 g/mol. The smallest absolute Gasteiger partial charge is 0.273 e. The second-order valence-electron chi connectivity index (χ2n) is 6.62. The average molecular weight is 364 g/mol. The molecule has 1 amide bonds. The molecule has 1 saturated heterocycles. The lowest BCUT2D eigenvalue weighted by Crippen LogP contribution is -2.29. The van der Waals surface area contributed by atoms with E-state index in [9.17, 15) is 4.79 Å². The Labute approximate surface area is 154 Å². The zero-order valence-electron chi connectivity index (χ0n) is 15.0. The summed E-state index contributed by atoms with van der Waals surface area (Å²) in [6.45, 7) is 8.09. The third kappa shape index (κ3) is 4.58. The number of hydrogen-bond donors (Lipinski definition) is 2. The van der Waals surface area contributed by atoms with E-state index in [1.165, 1.54) is 11.1 Å². The van der Waals surface area contributed by atoms with Crippen LogP contribution in [0.2, 0.25) is 0 Å². The van der Waals surface area contributed by atoms with Crippen molar-refractivity contribution in [2.45, 2.75) is 45.7 Å². The van der Waals surface area contributed by atoms with E-state index >= 15 is 0 Å². The van der Waals surface area contributed by atoms with Crippen LogP contribution in [0.25, 0.3) is 0 Å². The van der Waals surface area contributed by atoms with Gasteiger partial charge in [0.05, 0.1) is 18.3 Å². The summed E-state index contributed by atoms with van der Waals surface area (Å²) in [5, 5.41) is 14.6. The van der Waals surface area contributed by atoms with Gasteiger partial charge in [-0.1, -0.05) is 29.0 Å². The molecule has 1 aromatic carbocycles. The first kappa shape index (κ1) is 19.4. The van der Waals surface area contributed by atoms with Crippen LogP contribution in [0.15, 0.2) is 24.4 Å². The van der Waals surface area contributed by atoms with Gasteiger partial charge < -0.3 is 10.6 Å². The number of carbonyl (C=O) groups excluding carboxylic acids is 1. The molecule has 0 aliphatic carbocycles. The lowest BCUT2D eigenvalue weighted by molar-refractivity contribution is 0.0934. The standard InChI is InChI=1S/C18H25N5O.ClH/c1-12-4-5-16(13(2)10-12)14(3)20-18(24)17-11-23(22-21-17)15-6-8-19-9-7-15;/h4-5,10-11,14-15,19H,6-9H2,1-3H3,(H,20,24);1H. The van der Waals surface area contributed by atoms with Crippen LogP contribution in [0, 0.1) is 13.8 Å². The number of hydrogen-bond acceptors (Lipinski definition) is 4. The fourth-order valence-electron chi connectivity index (χ4n) is 3.29. The maximum atomic E-state index is 12.5.